The van der Waals surface area contributed by atoms with E-state index in [0.29, 0.717) is 0 Å². The number of Topliss-reactive ketones (excluding diaryl/α,β-unsaturated/α-hetero) is 1. The van der Waals surface area contributed by atoms with Gasteiger partial charge in [-0.05, 0) is 18.6 Å². The molecule has 0 unspecified atom stereocenters. The number of nitro groups is 1. The Balaban J connectivity index is 3.23. The molecule has 0 aromatic heterocycles. The van der Waals surface area contributed by atoms with E-state index in [4.69, 9.17) is 0 Å². The van der Waals surface area contributed by atoms with E-state index in [1.165, 1.54) is 24.3 Å². The molecule has 1 aromatic rings. The highest BCUT2D eigenvalue weighted by Gasteiger charge is 2.44. The van der Waals surface area contributed by atoms with Crippen LogP contribution in [0.2, 0.25) is 0 Å². The highest BCUT2D eigenvalue weighted by molar-refractivity contribution is 9.12. The maximum Gasteiger partial charge on any atom is 0.269 e. The van der Waals surface area contributed by atoms with Crippen molar-refractivity contribution >= 4 is 37.2 Å². The summed E-state index contributed by atoms with van der Waals surface area (Å²) in [5.74, 6) is -0.632. The summed E-state index contributed by atoms with van der Waals surface area (Å²) in [6, 6.07) is 4.83. The topological polar surface area (TPSA) is 94.3 Å². The number of carbonyl (C=O) groups is 1. The maximum atomic E-state index is 12.2. The summed E-state index contributed by atoms with van der Waals surface area (Å²) < 4.78 is 21.7. The van der Waals surface area contributed by atoms with Gasteiger partial charge in [-0.2, -0.15) is 0 Å². The van der Waals surface area contributed by atoms with E-state index in [9.17, 15) is 23.3 Å². The molecule has 0 saturated heterocycles. The molecular formula is C11H12BrNO5S. The van der Waals surface area contributed by atoms with Crippen molar-refractivity contribution < 1.29 is 18.1 Å². The molecule has 1 aromatic carbocycles. The van der Waals surface area contributed by atoms with Crippen molar-refractivity contribution in [3.63, 3.8) is 0 Å². The number of nitro benzene ring substituents is 1. The Hall–Kier alpha value is -1.28. The number of non-ortho nitro benzene ring substituents is 1. The quantitative estimate of drug-likeness (QED) is 0.352. The normalized spacial score (nSPS) is 14.7. The second-order valence-electron chi connectivity index (χ2n) is 3.99. The summed E-state index contributed by atoms with van der Waals surface area (Å²) in [5.41, 5.74) is -0.0534. The third kappa shape index (κ3) is 3.01. The Kier molecular flexibility index (Phi) is 4.46. The van der Waals surface area contributed by atoms with Crippen LogP contribution in [0.4, 0.5) is 5.69 Å². The fourth-order valence-corrected chi connectivity index (χ4v) is 2.75. The van der Waals surface area contributed by atoms with E-state index in [2.05, 4.69) is 15.9 Å². The summed E-state index contributed by atoms with van der Waals surface area (Å²) in [5, 5.41) is 10.5. The van der Waals surface area contributed by atoms with Gasteiger partial charge in [-0.1, -0.05) is 22.9 Å². The van der Waals surface area contributed by atoms with Crippen molar-refractivity contribution in [1.29, 1.82) is 0 Å². The molecule has 0 amide bonds. The predicted octanol–water partition coefficient (Wildman–Crippen LogP) is 2.32. The standard InChI is InChI=1S/C11H12BrNO5S/c1-3-11(12,19(2,17)18)10(14)8-4-6-9(7-5-8)13(15)16/h4-7H,3H2,1-2H3/t11-/m0/s1. The molecule has 0 fully saturated rings. The number of ketones is 1. The number of rotatable bonds is 5. The molecule has 1 rings (SSSR count). The minimum atomic E-state index is -3.66. The summed E-state index contributed by atoms with van der Waals surface area (Å²) in [4.78, 5) is 22.1. The van der Waals surface area contributed by atoms with Crippen LogP contribution in [0.1, 0.15) is 23.7 Å². The smallest absolute Gasteiger partial charge is 0.269 e. The molecule has 0 radical (unpaired) electrons. The molecule has 0 saturated carbocycles. The van der Waals surface area contributed by atoms with Crippen molar-refractivity contribution in [2.45, 2.75) is 17.0 Å². The maximum absolute atomic E-state index is 12.2. The molecule has 0 aliphatic heterocycles. The first-order valence-electron chi connectivity index (χ1n) is 5.31. The molecule has 19 heavy (non-hydrogen) atoms. The van der Waals surface area contributed by atoms with Gasteiger partial charge in [0.2, 0.25) is 0 Å². The summed E-state index contributed by atoms with van der Waals surface area (Å²) in [6.45, 7) is 1.57. The van der Waals surface area contributed by atoms with Crippen molar-refractivity contribution in [3.05, 3.63) is 39.9 Å². The highest BCUT2D eigenvalue weighted by atomic mass is 79.9. The third-order valence-corrected chi connectivity index (χ3v) is 7.06. The fraction of sp³-hybridized carbons (Fsp3) is 0.364. The van der Waals surface area contributed by atoms with Gasteiger partial charge in [0, 0.05) is 24.0 Å². The van der Waals surface area contributed by atoms with Crippen LogP contribution in [0.3, 0.4) is 0 Å². The molecule has 0 heterocycles. The molecule has 0 spiro atoms. The molecule has 0 aliphatic carbocycles. The Morgan fingerprint density at radius 1 is 1.37 bits per heavy atom. The van der Waals surface area contributed by atoms with Crippen molar-refractivity contribution in [3.8, 4) is 0 Å². The number of halogens is 1. The van der Waals surface area contributed by atoms with Crippen LogP contribution in [0.25, 0.3) is 0 Å². The van der Waals surface area contributed by atoms with E-state index in [1.54, 1.807) is 6.92 Å². The molecule has 0 aliphatic rings. The van der Waals surface area contributed by atoms with Gasteiger partial charge in [0.05, 0.1) is 4.92 Å². The second kappa shape index (κ2) is 5.38. The Labute approximate surface area is 119 Å². The number of hydrogen-bond donors (Lipinski definition) is 0. The summed E-state index contributed by atoms with van der Waals surface area (Å²) >= 11 is 2.98. The van der Waals surface area contributed by atoms with Crippen LogP contribution in [0.5, 0.6) is 0 Å². The lowest BCUT2D eigenvalue weighted by Crippen LogP contribution is -2.39. The SMILES string of the molecule is CC[C@@](Br)(C(=O)c1ccc([N+](=O)[O-])cc1)S(C)(=O)=O. The summed E-state index contributed by atoms with van der Waals surface area (Å²) in [7, 11) is -3.66. The van der Waals surface area contributed by atoms with Crippen LogP contribution < -0.4 is 0 Å². The minimum absolute atomic E-state index is 0.0572. The van der Waals surface area contributed by atoms with E-state index in [1.807, 2.05) is 0 Å². The Morgan fingerprint density at radius 2 is 1.84 bits per heavy atom. The zero-order chi connectivity index (χ0) is 14.8. The van der Waals surface area contributed by atoms with Crippen molar-refractivity contribution in [2.24, 2.45) is 0 Å². The van der Waals surface area contributed by atoms with E-state index in [0.717, 1.165) is 6.26 Å². The van der Waals surface area contributed by atoms with Gasteiger partial charge in [0.1, 0.15) is 0 Å². The van der Waals surface area contributed by atoms with Crippen LogP contribution in [0.15, 0.2) is 24.3 Å². The number of hydrogen-bond acceptors (Lipinski definition) is 5. The molecule has 0 bridgehead atoms. The monoisotopic (exact) mass is 349 g/mol. The zero-order valence-electron chi connectivity index (χ0n) is 10.3. The number of carbonyl (C=O) groups excluding carboxylic acids is 1. The Morgan fingerprint density at radius 3 is 2.16 bits per heavy atom. The van der Waals surface area contributed by atoms with Crippen molar-refractivity contribution in [1.82, 2.24) is 0 Å². The van der Waals surface area contributed by atoms with Gasteiger partial charge in [-0.15, -0.1) is 0 Å². The second-order valence-corrected chi connectivity index (χ2v) is 8.11. The third-order valence-electron chi connectivity index (χ3n) is 2.72. The summed E-state index contributed by atoms with van der Waals surface area (Å²) in [6.07, 6.45) is 1.02. The largest absolute Gasteiger partial charge is 0.291 e. The fourth-order valence-electron chi connectivity index (χ4n) is 1.54. The number of sulfone groups is 1. The van der Waals surface area contributed by atoms with Gasteiger partial charge in [0.25, 0.3) is 5.69 Å². The van der Waals surface area contributed by atoms with Gasteiger partial charge >= 0.3 is 0 Å². The predicted molar refractivity (Wildman–Crippen MR) is 74.2 cm³/mol. The lowest BCUT2D eigenvalue weighted by atomic mass is 10.1. The first-order valence-corrected chi connectivity index (χ1v) is 7.99. The molecule has 104 valence electrons. The zero-order valence-corrected chi connectivity index (χ0v) is 12.7. The number of nitrogens with zero attached hydrogens (tertiary/aromatic N) is 1. The van der Waals surface area contributed by atoms with Crippen molar-refractivity contribution in [2.75, 3.05) is 6.26 Å². The molecule has 8 heteroatoms. The Bertz CT molecular complexity index is 610. The number of alkyl halides is 1. The van der Waals surface area contributed by atoms with Gasteiger partial charge in [-0.25, -0.2) is 8.42 Å². The molecule has 0 N–H and O–H groups in total. The molecule has 6 nitrogen and oxygen atoms in total. The number of benzene rings is 1. The first kappa shape index (κ1) is 15.8. The van der Waals surface area contributed by atoms with E-state index < -0.39 is 24.2 Å². The lowest BCUT2D eigenvalue weighted by molar-refractivity contribution is -0.384. The molecular weight excluding hydrogens is 338 g/mol. The van der Waals surface area contributed by atoms with E-state index >= 15 is 0 Å². The van der Waals surface area contributed by atoms with Crippen LogP contribution in [0, 0.1) is 10.1 Å². The van der Waals surface area contributed by atoms with Crippen LogP contribution in [-0.4, -0.2) is 29.0 Å². The highest BCUT2D eigenvalue weighted by Crippen LogP contribution is 2.33. The van der Waals surface area contributed by atoms with Gasteiger partial charge in [0.15, 0.2) is 19.3 Å². The van der Waals surface area contributed by atoms with Crippen LogP contribution in [-0.2, 0) is 9.84 Å². The van der Waals surface area contributed by atoms with Gasteiger partial charge < -0.3 is 0 Å². The molecule has 1 atom stereocenters. The average molecular weight is 350 g/mol. The van der Waals surface area contributed by atoms with E-state index in [-0.39, 0.29) is 17.7 Å². The average Bonchev–Trinajstić information content (AvgIpc) is 2.35. The first-order chi connectivity index (χ1) is 8.63. The van der Waals surface area contributed by atoms with Crippen LogP contribution >= 0.6 is 15.9 Å². The van der Waals surface area contributed by atoms with Gasteiger partial charge in [-0.3, -0.25) is 14.9 Å². The lowest BCUT2D eigenvalue weighted by Gasteiger charge is -2.22. The minimum Gasteiger partial charge on any atom is -0.291 e.